The molecule has 0 aliphatic rings. The van der Waals surface area contributed by atoms with Gasteiger partial charge in [-0.15, -0.1) is 0 Å². The molecule has 146 valence electrons. The fraction of sp³-hybridized carbons (Fsp3) is 0.632. The van der Waals surface area contributed by atoms with Gasteiger partial charge in [-0.1, -0.05) is 0 Å². The highest BCUT2D eigenvalue weighted by atomic mass is 16.6. The van der Waals surface area contributed by atoms with Crippen LogP contribution in [0.25, 0.3) is 0 Å². The third-order valence-electron chi connectivity index (χ3n) is 3.77. The average molecular weight is 366 g/mol. The maximum Gasteiger partial charge on any atom is 0.340 e. The van der Waals surface area contributed by atoms with E-state index in [2.05, 4.69) is 4.98 Å². The SMILES string of the molecule is CCOC(=O)c1c(C)[nH]c(C(=O)N(C)CCCC(=O)OC(C)(C)C)c1C. The van der Waals surface area contributed by atoms with E-state index in [0.717, 1.165) is 0 Å². The van der Waals surface area contributed by atoms with Crippen molar-refractivity contribution >= 4 is 17.8 Å². The topological polar surface area (TPSA) is 88.7 Å². The number of ether oxygens (including phenoxy) is 2. The lowest BCUT2D eigenvalue weighted by Crippen LogP contribution is -2.30. The molecule has 26 heavy (non-hydrogen) atoms. The number of hydrogen-bond acceptors (Lipinski definition) is 5. The number of hydrogen-bond donors (Lipinski definition) is 1. The molecule has 0 radical (unpaired) electrons. The molecular weight excluding hydrogens is 336 g/mol. The number of aromatic amines is 1. The number of aryl methyl sites for hydroxylation is 1. The molecule has 0 aromatic carbocycles. The predicted molar refractivity (Wildman–Crippen MR) is 98.3 cm³/mol. The van der Waals surface area contributed by atoms with E-state index in [1.54, 1.807) is 27.8 Å². The molecule has 0 aliphatic carbocycles. The Balaban J connectivity index is 2.71. The molecule has 0 saturated heterocycles. The number of amides is 1. The van der Waals surface area contributed by atoms with Crippen molar-refractivity contribution in [2.45, 2.75) is 60.0 Å². The molecule has 0 atom stereocenters. The van der Waals surface area contributed by atoms with Crippen LogP contribution in [-0.4, -0.2) is 53.5 Å². The molecule has 1 N–H and O–H groups in total. The van der Waals surface area contributed by atoms with Gasteiger partial charge < -0.3 is 19.4 Å². The van der Waals surface area contributed by atoms with E-state index in [-0.39, 0.29) is 24.9 Å². The van der Waals surface area contributed by atoms with Crippen LogP contribution in [0.4, 0.5) is 0 Å². The highest BCUT2D eigenvalue weighted by molar-refractivity contribution is 6.00. The van der Waals surface area contributed by atoms with Gasteiger partial charge in [-0.3, -0.25) is 9.59 Å². The number of rotatable bonds is 7. The van der Waals surface area contributed by atoms with Gasteiger partial charge in [-0.2, -0.15) is 0 Å². The minimum atomic E-state index is -0.513. The normalized spacial score (nSPS) is 11.2. The summed E-state index contributed by atoms with van der Waals surface area (Å²) < 4.78 is 10.3. The number of nitrogens with zero attached hydrogens (tertiary/aromatic N) is 1. The van der Waals surface area contributed by atoms with Crippen LogP contribution in [0.2, 0.25) is 0 Å². The Labute approximate surface area is 155 Å². The Morgan fingerprint density at radius 2 is 1.77 bits per heavy atom. The Hall–Kier alpha value is -2.31. The van der Waals surface area contributed by atoms with Crippen LogP contribution in [0.15, 0.2) is 0 Å². The number of H-pyrrole nitrogens is 1. The maximum atomic E-state index is 12.6. The summed E-state index contributed by atoms with van der Waals surface area (Å²) in [5.41, 5.74) is 1.43. The van der Waals surface area contributed by atoms with Crippen molar-refractivity contribution in [1.29, 1.82) is 0 Å². The van der Waals surface area contributed by atoms with Crippen LogP contribution in [0, 0.1) is 13.8 Å². The molecule has 1 amide bonds. The average Bonchev–Trinajstić information content (AvgIpc) is 2.79. The molecule has 0 saturated carbocycles. The first-order valence-electron chi connectivity index (χ1n) is 8.81. The van der Waals surface area contributed by atoms with Crippen molar-refractivity contribution < 1.29 is 23.9 Å². The number of esters is 2. The largest absolute Gasteiger partial charge is 0.462 e. The van der Waals surface area contributed by atoms with Crippen molar-refractivity contribution in [2.24, 2.45) is 0 Å². The summed E-state index contributed by atoms with van der Waals surface area (Å²) in [6.07, 6.45) is 0.742. The molecular formula is C19H30N2O5. The number of nitrogens with one attached hydrogen (secondary N) is 1. The smallest absolute Gasteiger partial charge is 0.340 e. The first-order chi connectivity index (χ1) is 12.0. The second-order valence-corrected chi connectivity index (χ2v) is 7.26. The summed E-state index contributed by atoms with van der Waals surface area (Å²) in [6.45, 7) is 11.3. The van der Waals surface area contributed by atoms with E-state index in [9.17, 15) is 14.4 Å². The Morgan fingerprint density at radius 1 is 1.15 bits per heavy atom. The highest BCUT2D eigenvalue weighted by Crippen LogP contribution is 2.20. The molecule has 1 rings (SSSR count). The summed E-state index contributed by atoms with van der Waals surface area (Å²) in [5, 5.41) is 0. The van der Waals surface area contributed by atoms with Crippen molar-refractivity contribution in [2.75, 3.05) is 20.2 Å². The van der Waals surface area contributed by atoms with Crippen LogP contribution in [0.1, 0.15) is 72.6 Å². The third kappa shape index (κ3) is 5.89. The summed E-state index contributed by atoms with van der Waals surface area (Å²) in [7, 11) is 1.66. The number of carbonyl (C=O) groups is 3. The van der Waals surface area contributed by atoms with Gasteiger partial charge in [0.2, 0.25) is 0 Å². The van der Waals surface area contributed by atoms with Crippen molar-refractivity contribution in [3.05, 3.63) is 22.5 Å². The molecule has 0 unspecified atom stereocenters. The molecule has 7 nitrogen and oxygen atoms in total. The highest BCUT2D eigenvalue weighted by Gasteiger charge is 2.24. The van der Waals surface area contributed by atoms with Gasteiger partial charge in [0.15, 0.2) is 0 Å². The minimum absolute atomic E-state index is 0.231. The fourth-order valence-electron chi connectivity index (χ4n) is 2.62. The Bertz CT molecular complexity index is 670. The number of aromatic nitrogens is 1. The Kier molecular flexibility index (Phi) is 7.41. The van der Waals surface area contributed by atoms with Gasteiger partial charge in [0, 0.05) is 25.7 Å². The second kappa shape index (κ2) is 8.87. The quantitative estimate of drug-likeness (QED) is 0.750. The zero-order valence-corrected chi connectivity index (χ0v) is 16.8. The first kappa shape index (κ1) is 21.7. The van der Waals surface area contributed by atoms with Gasteiger partial charge >= 0.3 is 11.9 Å². The van der Waals surface area contributed by atoms with Gasteiger partial charge in [0.25, 0.3) is 5.91 Å². The molecule has 7 heteroatoms. The van der Waals surface area contributed by atoms with E-state index in [0.29, 0.717) is 35.5 Å². The van der Waals surface area contributed by atoms with Crippen LogP contribution in [0.3, 0.4) is 0 Å². The minimum Gasteiger partial charge on any atom is -0.462 e. The van der Waals surface area contributed by atoms with Gasteiger partial charge in [-0.05, 0) is 53.5 Å². The molecule has 0 bridgehead atoms. The molecule has 1 aromatic heterocycles. The molecule has 0 fully saturated rings. The lowest BCUT2D eigenvalue weighted by atomic mass is 10.1. The fourth-order valence-corrected chi connectivity index (χ4v) is 2.62. The van der Waals surface area contributed by atoms with E-state index in [1.165, 1.54) is 4.90 Å². The van der Waals surface area contributed by atoms with E-state index >= 15 is 0 Å². The van der Waals surface area contributed by atoms with Crippen LogP contribution >= 0.6 is 0 Å². The van der Waals surface area contributed by atoms with Crippen molar-refractivity contribution in [3.63, 3.8) is 0 Å². The van der Waals surface area contributed by atoms with Gasteiger partial charge in [0.05, 0.1) is 12.2 Å². The second-order valence-electron chi connectivity index (χ2n) is 7.26. The van der Waals surface area contributed by atoms with E-state index in [1.807, 2.05) is 20.8 Å². The zero-order chi connectivity index (χ0) is 20.1. The standard InChI is InChI=1S/C19H30N2O5/c1-8-25-18(24)15-12(2)16(20-13(15)3)17(23)21(7)11-9-10-14(22)26-19(4,5)6/h20H,8-11H2,1-7H3. The van der Waals surface area contributed by atoms with Crippen molar-refractivity contribution in [3.8, 4) is 0 Å². The molecule has 0 aliphatic heterocycles. The summed E-state index contributed by atoms with van der Waals surface area (Å²) in [6, 6.07) is 0. The Morgan fingerprint density at radius 3 is 2.31 bits per heavy atom. The zero-order valence-electron chi connectivity index (χ0n) is 16.8. The predicted octanol–water partition coefficient (Wildman–Crippen LogP) is 3.00. The maximum absolute atomic E-state index is 12.6. The molecule has 1 heterocycles. The first-order valence-corrected chi connectivity index (χ1v) is 8.81. The van der Waals surface area contributed by atoms with Gasteiger partial charge in [-0.25, -0.2) is 4.79 Å². The third-order valence-corrected chi connectivity index (χ3v) is 3.77. The van der Waals surface area contributed by atoms with E-state index < -0.39 is 11.6 Å². The molecule has 1 aromatic rings. The van der Waals surface area contributed by atoms with Gasteiger partial charge in [0.1, 0.15) is 11.3 Å². The summed E-state index contributed by atoms with van der Waals surface area (Å²) in [5.74, 6) is -0.953. The van der Waals surface area contributed by atoms with E-state index in [4.69, 9.17) is 9.47 Å². The van der Waals surface area contributed by atoms with Crippen molar-refractivity contribution in [1.82, 2.24) is 9.88 Å². The van der Waals surface area contributed by atoms with Crippen LogP contribution < -0.4 is 0 Å². The lowest BCUT2D eigenvalue weighted by molar-refractivity contribution is -0.154. The lowest BCUT2D eigenvalue weighted by Gasteiger charge is -2.20. The summed E-state index contributed by atoms with van der Waals surface area (Å²) in [4.78, 5) is 40.9. The summed E-state index contributed by atoms with van der Waals surface area (Å²) >= 11 is 0. The van der Waals surface area contributed by atoms with Crippen LogP contribution in [-0.2, 0) is 14.3 Å². The monoisotopic (exact) mass is 366 g/mol. The number of carbonyl (C=O) groups excluding carboxylic acids is 3. The molecule has 0 spiro atoms. The van der Waals surface area contributed by atoms with Crippen LogP contribution in [0.5, 0.6) is 0 Å².